The van der Waals surface area contributed by atoms with E-state index in [4.69, 9.17) is 16.3 Å². The molecule has 0 saturated carbocycles. The molecule has 0 aliphatic carbocycles. The molecule has 0 saturated heterocycles. The number of hydrogen-bond acceptors (Lipinski definition) is 1. The van der Waals surface area contributed by atoms with Crippen molar-refractivity contribution in [3.63, 3.8) is 0 Å². The summed E-state index contributed by atoms with van der Waals surface area (Å²) in [6.07, 6.45) is 3.26. The van der Waals surface area contributed by atoms with Gasteiger partial charge in [-0.3, -0.25) is 0 Å². The quantitative estimate of drug-likeness (QED) is 0.675. The molecule has 0 fully saturated rings. The Kier molecular flexibility index (Phi) is 5.68. The van der Waals surface area contributed by atoms with E-state index in [0.29, 0.717) is 5.92 Å². The normalized spacial score (nSPS) is 14.5. The molecule has 16 heavy (non-hydrogen) atoms. The van der Waals surface area contributed by atoms with E-state index in [1.165, 1.54) is 18.4 Å². The number of benzene rings is 1. The van der Waals surface area contributed by atoms with Crippen molar-refractivity contribution in [1.29, 1.82) is 0 Å². The van der Waals surface area contributed by atoms with Crippen molar-refractivity contribution in [2.45, 2.75) is 38.5 Å². The van der Waals surface area contributed by atoms with Crippen LogP contribution in [0.3, 0.4) is 0 Å². The van der Waals surface area contributed by atoms with Crippen LogP contribution < -0.4 is 4.74 Å². The third kappa shape index (κ3) is 3.71. The molecule has 2 heteroatoms. The van der Waals surface area contributed by atoms with Gasteiger partial charge in [0.1, 0.15) is 5.75 Å². The summed E-state index contributed by atoms with van der Waals surface area (Å²) in [5.74, 6) is 1.49. The maximum absolute atomic E-state index is 6.42. The molecule has 1 rings (SSSR count). The van der Waals surface area contributed by atoms with Crippen molar-refractivity contribution in [3.8, 4) is 5.75 Å². The fourth-order valence-corrected chi connectivity index (χ4v) is 2.21. The monoisotopic (exact) mass is 240 g/mol. The highest BCUT2D eigenvalue weighted by atomic mass is 35.5. The van der Waals surface area contributed by atoms with E-state index in [-0.39, 0.29) is 5.38 Å². The van der Waals surface area contributed by atoms with Gasteiger partial charge in [-0.25, -0.2) is 0 Å². The van der Waals surface area contributed by atoms with Gasteiger partial charge < -0.3 is 4.74 Å². The molecule has 0 amide bonds. The third-order valence-electron chi connectivity index (χ3n) is 2.97. The third-order valence-corrected chi connectivity index (χ3v) is 3.55. The number of halogens is 1. The first-order valence-corrected chi connectivity index (χ1v) is 6.38. The summed E-state index contributed by atoms with van der Waals surface area (Å²) in [5, 5.41) is 0.191. The number of ether oxygens (including phenoxy) is 1. The van der Waals surface area contributed by atoms with Crippen molar-refractivity contribution in [3.05, 3.63) is 29.8 Å². The largest absolute Gasteiger partial charge is 0.496 e. The lowest BCUT2D eigenvalue weighted by Crippen LogP contribution is -2.14. The summed E-state index contributed by atoms with van der Waals surface area (Å²) in [6.45, 7) is 4.42. The van der Waals surface area contributed by atoms with Crippen LogP contribution in [0.4, 0.5) is 0 Å². The number of hydrogen-bond donors (Lipinski definition) is 0. The molecule has 2 atom stereocenters. The van der Waals surface area contributed by atoms with Gasteiger partial charge in [-0.05, 0) is 30.4 Å². The molecular formula is C14H21ClO. The van der Waals surface area contributed by atoms with Gasteiger partial charge in [-0.15, -0.1) is 11.6 Å². The van der Waals surface area contributed by atoms with Gasteiger partial charge in [0, 0.05) is 5.38 Å². The molecular weight excluding hydrogens is 220 g/mol. The van der Waals surface area contributed by atoms with Crippen molar-refractivity contribution in [2.75, 3.05) is 7.11 Å². The zero-order chi connectivity index (χ0) is 12.0. The van der Waals surface area contributed by atoms with E-state index in [0.717, 1.165) is 12.2 Å². The molecule has 1 aromatic rings. The van der Waals surface area contributed by atoms with Gasteiger partial charge in [-0.1, -0.05) is 38.5 Å². The smallest absolute Gasteiger partial charge is 0.122 e. The first-order valence-electron chi connectivity index (χ1n) is 5.95. The fraction of sp³-hybridized carbons (Fsp3) is 0.571. The van der Waals surface area contributed by atoms with Crippen LogP contribution in [0.5, 0.6) is 5.75 Å². The van der Waals surface area contributed by atoms with Crippen LogP contribution >= 0.6 is 11.6 Å². The van der Waals surface area contributed by atoms with Crippen LogP contribution in [0.15, 0.2) is 24.3 Å². The molecule has 1 aromatic carbocycles. The predicted octanol–water partition coefficient (Wildman–Crippen LogP) is 4.28. The minimum absolute atomic E-state index is 0.191. The molecule has 0 bridgehead atoms. The summed E-state index contributed by atoms with van der Waals surface area (Å²) in [7, 11) is 1.71. The van der Waals surface area contributed by atoms with Gasteiger partial charge >= 0.3 is 0 Å². The number of rotatable bonds is 6. The maximum Gasteiger partial charge on any atom is 0.122 e. The van der Waals surface area contributed by atoms with E-state index in [9.17, 15) is 0 Å². The first-order chi connectivity index (χ1) is 7.69. The Balaban J connectivity index is 2.64. The van der Waals surface area contributed by atoms with Crippen LogP contribution in [-0.2, 0) is 6.42 Å². The molecule has 0 aliphatic rings. The van der Waals surface area contributed by atoms with Crippen LogP contribution in [0.25, 0.3) is 0 Å². The second-order valence-corrected chi connectivity index (χ2v) is 4.86. The van der Waals surface area contributed by atoms with Crippen molar-refractivity contribution < 1.29 is 4.74 Å². The second kappa shape index (κ2) is 6.80. The minimum atomic E-state index is 0.191. The Morgan fingerprint density at radius 3 is 2.62 bits per heavy atom. The van der Waals surface area contributed by atoms with E-state index >= 15 is 0 Å². The summed E-state index contributed by atoms with van der Waals surface area (Å²) < 4.78 is 5.33. The van der Waals surface area contributed by atoms with Gasteiger partial charge in [0.2, 0.25) is 0 Å². The Morgan fingerprint density at radius 2 is 2.00 bits per heavy atom. The Morgan fingerprint density at radius 1 is 1.31 bits per heavy atom. The lowest BCUT2D eigenvalue weighted by molar-refractivity contribution is 0.406. The van der Waals surface area contributed by atoms with Crippen LogP contribution in [-0.4, -0.2) is 12.5 Å². The Labute approximate surface area is 104 Å². The first kappa shape index (κ1) is 13.4. The minimum Gasteiger partial charge on any atom is -0.496 e. The highest BCUT2D eigenvalue weighted by Gasteiger charge is 2.15. The van der Waals surface area contributed by atoms with E-state index in [2.05, 4.69) is 19.9 Å². The summed E-state index contributed by atoms with van der Waals surface area (Å²) in [6, 6.07) is 8.10. The number of alkyl halides is 1. The zero-order valence-electron chi connectivity index (χ0n) is 10.4. The zero-order valence-corrected chi connectivity index (χ0v) is 11.1. The SMILES string of the molecule is CCCC(C)C(Cl)Cc1ccccc1OC. The van der Waals surface area contributed by atoms with Crippen molar-refractivity contribution >= 4 is 11.6 Å². The molecule has 1 nitrogen and oxygen atoms in total. The standard InChI is InChI=1S/C14H21ClO/c1-4-7-11(2)13(15)10-12-8-5-6-9-14(12)16-3/h5-6,8-9,11,13H,4,7,10H2,1-3H3. The molecule has 0 N–H and O–H groups in total. The van der Waals surface area contributed by atoms with Gasteiger partial charge in [0.25, 0.3) is 0 Å². The van der Waals surface area contributed by atoms with Gasteiger partial charge in [0.05, 0.1) is 7.11 Å². The number of para-hydroxylation sites is 1. The highest BCUT2D eigenvalue weighted by molar-refractivity contribution is 6.20. The Bertz CT molecular complexity index is 311. The fourth-order valence-electron chi connectivity index (χ4n) is 1.92. The lowest BCUT2D eigenvalue weighted by Gasteiger charge is -2.18. The highest BCUT2D eigenvalue weighted by Crippen LogP contribution is 2.25. The van der Waals surface area contributed by atoms with Gasteiger partial charge in [0.15, 0.2) is 0 Å². The predicted molar refractivity (Wildman–Crippen MR) is 70.4 cm³/mol. The van der Waals surface area contributed by atoms with Crippen molar-refractivity contribution in [2.24, 2.45) is 5.92 Å². The van der Waals surface area contributed by atoms with Crippen LogP contribution in [0.1, 0.15) is 32.3 Å². The topological polar surface area (TPSA) is 9.23 Å². The maximum atomic E-state index is 6.42. The lowest BCUT2D eigenvalue weighted by atomic mass is 9.96. The summed E-state index contributed by atoms with van der Waals surface area (Å²) in [5.41, 5.74) is 1.20. The Hall–Kier alpha value is -0.690. The molecule has 2 unspecified atom stereocenters. The molecule has 0 spiro atoms. The molecule has 0 radical (unpaired) electrons. The molecule has 0 aromatic heterocycles. The van der Waals surface area contributed by atoms with Crippen molar-refractivity contribution in [1.82, 2.24) is 0 Å². The molecule has 0 aliphatic heterocycles. The van der Waals surface area contributed by atoms with E-state index < -0.39 is 0 Å². The second-order valence-electron chi connectivity index (χ2n) is 4.30. The molecule has 90 valence electrons. The number of methoxy groups -OCH3 is 1. The van der Waals surface area contributed by atoms with Crippen LogP contribution in [0.2, 0.25) is 0 Å². The summed E-state index contributed by atoms with van der Waals surface area (Å²) >= 11 is 6.42. The summed E-state index contributed by atoms with van der Waals surface area (Å²) in [4.78, 5) is 0. The average Bonchev–Trinajstić information content (AvgIpc) is 2.30. The molecule has 0 heterocycles. The van der Waals surface area contributed by atoms with E-state index in [1.807, 2.05) is 18.2 Å². The van der Waals surface area contributed by atoms with Crippen LogP contribution in [0, 0.1) is 5.92 Å². The average molecular weight is 241 g/mol. The van der Waals surface area contributed by atoms with E-state index in [1.54, 1.807) is 7.11 Å². The van der Waals surface area contributed by atoms with Gasteiger partial charge in [-0.2, -0.15) is 0 Å².